The first-order valence-electron chi connectivity index (χ1n) is 5.55. The van der Waals surface area contributed by atoms with Gasteiger partial charge in [-0.15, -0.1) is 0 Å². The summed E-state index contributed by atoms with van der Waals surface area (Å²) in [5.41, 5.74) is 4.21. The summed E-state index contributed by atoms with van der Waals surface area (Å²) in [6.07, 6.45) is 9.07. The van der Waals surface area contributed by atoms with Crippen LogP contribution < -0.4 is 5.32 Å². The number of carbonyl (C=O) groups excluding carboxylic acids is 1. The van der Waals surface area contributed by atoms with Gasteiger partial charge in [-0.25, -0.2) is 0 Å². The van der Waals surface area contributed by atoms with E-state index < -0.39 is 0 Å². The molecule has 0 aromatic carbocycles. The Hall–Kier alpha value is -1.05. The molecular weight excluding hydrogens is 174 g/mol. The zero-order valence-electron chi connectivity index (χ0n) is 8.31. The molecule has 1 atom stereocenters. The number of allylic oxidation sites excluding steroid dienone is 3. The summed E-state index contributed by atoms with van der Waals surface area (Å²) in [5.74, 6) is 0.944. The fourth-order valence-electron chi connectivity index (χ4n) is 2.96. The Morgan fingerprint density at radius 3 is 3.14 bits per heavy atom. The van der Waals surface area contributed by atoms with Gasteiger partial charge in [0.2, 0.25) is 5.91 Å². The van der Waals surface area contributed by atoms with Crippen molar-refractivity contribution in [2.75, 3.05) is 0 Å². The molecule has 1 saturated carbocycles. The summed E-state index contributed by atoms with van der Waals surface area (Å²) in [6, 6.07) is 0. The number of rotatable bonds is 0. The molecule has 3 aliphatic rings. The lowest BCUT2D eigenvalue weighted by atomic mass is 9.74. The highest BCUT2D eigenvalue weighted by atomic mass is 16.1. The molecule has 14 heavy (non-hydrogen) atoms. The van der Waals surface area contributed by atoms with E-state index in [-0.39, 0.29) is 5.91 Å². The Balaban J connectivity index is 2.00. The number of hydrogen-bond acceptors (Lipinski definition) is 1. The quantitative estimate of drug-likeness (QED) is 0.622. The molecule has 3 rings (SSSR count). The van der Waals surface area contributed by atoms with Gasteiger partial charge in [-0.3, -0.25) is 4.79 Å². The maximum Gasteiger partial charge on any atom is 0.224 e. The van der Waals surface area contributed by atoms with Crippen molar-refractivity contribution in [3.8, 4) is 0 Å². The van der Waals surface area contributed by atoms with Crippen LogP contribution in [0.3, 0.4) is 0 Å². The number of hydrogen-bond donors (Lipinski definition) is 1. The SMILES string of the molecule is O=C1CCC2=C(C=C3CCCC2C3)N1. The van der Waals surface area contributed by atoms with Crippen LogP contribution in [0.15, 0.2) is 22.9 Å². The van der Waals surface area contributed by atoms with Crippen molar-refractivity contribution in [3.63, 3.8) is 0 Å². The molecule has 1 N–H and O–H groups in total. The van der Waals surface area contributed by atoms with Gasteiger partial charge in [0.15, 0.2) is 0 Å². The Labute approximate surface area is 84.1 Å². The third-order valence-corrected chi connectivity index (χ3v) is 3.64. The third-order valence-electron chi connectivity index (χ3n) is 3.64. The normalized spacial score (nSPS) is 30.7. The van der Waals surface area contributed by atoms with E-state index in [1.807, 2.05) is 0 Å². The van der Waals surface area contributed by atoms with Gasteiger partial charge in [0.1, 0.15) is 0 Å². The molecule has 1 amide bonds. The van der Waals surface area contributed by atoms with Crippen LogP contribution in [0.25, 0.3) is 0 Å². The largest absolute Gasteiger partial charge is 0.326 e. The molecule has 2 aliphatic carbocycles. The van der Waals surface area contributed by atoms with Crippen LogP contribution in [0, 0.1) is 5.92 Å². The van der Waals surface area contributed by atoms with E-state index in [4.69, 9.17) is 0 Å². The van der Waals surface area contributed by atoms with Crippen molar-refractivity contribution in [1.29, 1.82) is 0 Å². The fourth-order valence-corrected chi connectivity index (χ4v) is 2.96. The average Bonchev–Trinajstić information content (AvgIpc) is 2.17. The van der Waals surface area contributed by atoms with Crippen molar-refractivity contribution >= 4 is 5.91 Å². The summed E-state index contributed by atoms with van der Waals surface area (Å²) < 4.78 is 0. The average molecular weight is 189 g/mol. The predicted molar refractivity (Wildman–Crippen MR) is 54.4 cm³/mol. The van der Waals surface area contributed by atoms with Gasteiger partial charge in [-0.1, -0.05) is 5.57 Å². The van der Waals surface area contributed by atoms with Crippen LogP contribution in [0.1, 0.15) is 38.5 Å². The van der Waals surface area contributed by atoms with E-state index in [1.165, 1.54) is 31.3 Å². The topological polar surface area (TPSA) is 29.1 Å². The number of carbonyl (C=O) groups is 1. The van der Waals surface area contributed by atoms with E-state index in [0.717, 1.165) is 18.0 Å². The van der Waals surface area contributed by atoms with Crippen LogP contribution in [-0.2, 0) is 4.79 Å². The summed E-state index contributed by atoms with van der Waals surface area (Å²) >= 11 is 0. The lowest BCUT2D eigenvalue weighted by Crippen LogP contribution is -2.32. The van der Waals surface area contributed by atoms with E-state index >= 15 is 0 Å². The second-order valence-electron chi connectivity index (χ2n) is 4.58. The minimum absolute atomic E-state index is 0.195. The van der Waals surface area contributed by atoms with Gasteiger partial charge in [0, 0.05) is 12.1 Å². The molecule has 1 aliphatic heterocycles. The zero-order chi connectivity index (χ0) is 9.54. The third kappa shape index (κ3) is 1.21. The first-order valence-corrected chi connectivity index (χ1v) is 5.55. The molecule has 0 spiro atoms. The Bertz CT molecular complexity index is 351. The van der Waals surface area contributed by atoms with Crippen molar-refractivity contribution in [2.24, 2.45) is 5.92 Å². The molecule has 2 bridgehead atoms. The van der Waals surface area contributed by atoms with Crippen LogP contribution >= 0.6 is 0 Å². The highest BCUT2D eigenvalue weighted by Crippen LogP contribution is 2.41. The molecule has 2 heteroatoms. The lowest BCUT2D eigenvalue weighted by Gasteiger charge is -2.34. The summed E-state index contributed by atoms with van der Waals surface area (Å²) in [4.78, 5) is 11.3. The molecule has 0 aromatic heterocycles. The Morgan fingerprint density at radius 2 is 2.21 bits per heavy atom. The first-order chi connectivity index (χ1) is 6.83. The minimum atomic E-state index is 0.195. The van der Waals surface area contributed by atoms with E-state index in [1.54, 1.807) is 5.57 Å². The minimum Gasteiger partial charge on any atom is -0.326 e. The monoisotopic (exact) mass is 189 g/mol. The first kappa shape index (κ1) is 8.27. The molecule has 1 heterocycles. The predicted octanol–water partition coefficient (Wildman–Crippen LogP) is 2.28. The molecule has 1 unspecified atom stereocenters. The molecule has 0 radical (unpaired) electrons. The Kier molecular flexibility index (Phi) is 1.76. The molecule has 2 nitrogen and oxygen atoms in total. The standard InChI is InChI=1S/C12H15NO/c14-12-5-4-10-9-3-1-2-8(6-9)7-11(10)13-12/h7,9H,1-6H2,(H,13,14). The Morgan fingerprint density at radius 1 is 1.29 bits per heavy atom. The highest BCUT2D eigenvalue weighted by Gasteiger charge is 2.29. The summed E-state index contributed by atoms with van der Waals surface area (Å²) in [6.45, 7) is 0. The van der Waals surface area contributed by atoms with E-state index in [2.05, 4.69) is 11.4 Å². The molecule has 0 aromatic rings. The number of fused-ring (bicyclic) bond motifs is 3. The van der Waals surface area contributed by atoms with E-state index in [0.29, 0.717) is 6.42 Å². The van der Waals surface area contributed by atoms with Crippen molar-refractivity contribution in [2.45, 2.75) is 38.5 Å². The second-order valence-corrected chi connectivity index (χ2v) is 4.58. The van der Waals surface area contributed by atoms with Gasteiger partial charge < -0.3 is 5.32 Å². The van der Waals surface area contributed by atoms with Crippen LogP contribution in [-0.4, -0.2) is 5.91 Å². The van der Waals surface area contributed by atoms with Crippen LogP contribution in [0.5, 0.6) is 0 Å². The second kappa shape index (κ2) is 2.97. The van der Waals surface area contributed by atoms with Crippen molar-refractivity contribution in [1.82, 2.24) is 5.32 Å². The van der Waals surface area contributed by atoms with E-state index in [9.17, 15) is 4.79 Å². The maximum atomic E-state index is 11.3. The smallest absolute Gasteiger partial charge is 0.224 e. The highest BCUT2D eigenvalue weighted by molar-refractivity contribution is 5.80. The molecule has 74 valence electrons. The molecule has 0 saturated heterocycles. The number of amides is 1. The summed E-state index contributed by atoms with van der Waals surface area (Å²) in [5, 5.41) is 3.01. The maximum absolute atomic E-state index is 11.3. The van der Waals surface area contributed by atoms with Gasteiger partial charge in [-0.2, -0.15) is 0 Å². The van der Waals surface area contributed by atoms with Crippen molar-refractivity contribution in [3.05, 3.63) is 22.9 Å². The van der Waals surface area contributed by atoms with Crippen LogP contribution in [0.4, 0.5) is 0 Å². The summed E-state index contributed by atoms with van der Waals surface area (Å²) in [7, 11) is 0. The number of nitrogens with one attached hydrogen (secondary N) is 1. The van der Waals surface area contributed by atoms with Crippen molar-refractivity contribution < 1.29 is 4.79 Å². The zero-order valence-corrected chi connectivity index (χ0v) is 8.31. The van der Waals surface area contributed by atoms with Crippen LogP contribution in [0.2, 0.25) is 0 Å². The molecular formula is C12H15NO. The fraction of sp³-hybridized carbons (Fsp3) is 0.583. The van der Waals surface area contributed by atoms with Gasteiger partial charge >= 0.3 is 0 Å². The van der Waals surface area contributed by atoms with Gasteiger partial charge in [0.05, 0.1) is 0 Å². The molecule has 1 fully saturated rings. The van der Waals surface area contributed by atoms with Gasteiger partial charge in [-0.05, 0) is 49.7 Å². The lowest BCUT2D eigenvalue weighted by molar-refractivity contribution is -0.120. The van der Waals surface area contributed by atoms with Gasteiger partial charge in [0.25, 0.3) is 0 Å².